The van der Waals surface area contributed by atoms with Crippen LogP contribution in [0.2, 0.25) is 5.02 Å². The van der Waals surface area contributed by atoms with Gasteiger partial charge in [0.2, 0.25) is 0 Å². The van der Waals surface area contributed by atoms with Crippen LogP contribution in [0.4, 0.5) is 5.69 Å². The van der Waals surface area contributed by atoms with E-state index in [4.69, 9.17) is 16.3 Å². The third kappa shape index (κ3) is 2.17. The number of nitrogens with one attached hydrogen (secondary N) is 1. The standard InChI is InChI=1S/C10H10ClN2O/c11-9-3-1-2-4-10(9)12-5-8-6-14-7-13-8/h1-4,8,12H,5-6H2. The fourth-order valence-electron chi connectivity index (χ4n) is 1.22. The lowest BCUT2D eigenvalue weighted by atomic mass is 10.3. The minimum absolute atomic E-state index is 0.145. The molecule has 3 nitrogen and oxygen atoms in total. The number of hydrogen-bond acceptors (Lipinski definition) is 3. The Bertz CT molecular complexity index is 341. The van der Waals surface area contributed by atoms with Crippen LogP contribution in [0.5, 0.6) is 0 Å². The lowest BCUT2D eigenvalue weighted by molar-refractivity contribution is 0.332. The van der Waals surface area contributed by atoms with Gasteiger partial charge in [-0.1, -0.05) is 23.7 Å². The molecule has 1 unspecified atom stereocenters. The highest BCUT2D eigenvalue weighted by Crippen LogP contribution is 2.20. The molecule has 1 aromatic carbocycles. The molecule has 1 radical (unpaired) electrons. The Morgan fingerprint density at radius 3 is 3.14 bits per heavy atom. The van der Waals surface area contributed by atoms with Crippen LogP contribution in [0.1, 0.15) is 0 Å². The quantitative estimate of drug-likeness (QED) is 0.827. The Kier molecular flexibility index (Phi) is 2.89. The Balaban J connectivity index is 1.91. The van der Waals surface area contributed by atoms with E-state index in [-0.39, 0.29) is 6.04 Å². The summed E-state index contributed by atoms with van der Waals surface area (Å²) in [6.45, 7) is 1.31. The highest BCUT2D eigenvalue weighted by Gasteiger charge is 2.12. The average Bonchev–Trinajstić information content (AvgIpc) is 2.69. The first-order valence-corrected chi connectivity index (χ1v) is 4.79. The third-order valence-corrected chi connectivity index (χ3v) is 2.31. The van der Waals surface area contributed by atoms with Gasteiger partial charge in [-0.25, -0.2) is 4.99 Å². The van der Waals surface area contributed by atoms with Gasteiger partial charge in [0.15, 0.2) is 0 Å². The molecule has 4 heteroatoms. The summed E-state index contributed by atoms with van der Waals surface area (Å²) in [7, 11) is 0. The molecule has 1 aliphatic heterocycles. The van der Waals surface area contributed by atoms with E-state index in [1.807, 2.05) is 24.3 Å². The van der Waals surface area contributed by atoms with Gasteiger partial charge in [-0.15, -0.1) is 0 Å². The molecule has 0 bridgehead atoms. The van der Waals surface area contributed by atoms with E-state index in [2.05, 4.69) is 16.7 Å². The Hall–Kier alpha value is -1.22. The average molecular weight is 210 g/mol. The fourth-order valence-corrected chi connectivity index (χ4v) is 1.42. The molecule has 0 aliphatic carbocycles. The van der Waals surface area contributed by atoms with E-state index >= 15 is 0 Å². The van der Waals surface area contributed by atoms with Crippen molar-refractivity contribution in [3.05, 3.63) is 29.3 Å². The third-order valence-electron chi connectivity index (χ3n) is 1.98. The minimum atomic E-state index is 0.145. The number of benzene rings is 1. The molecule has 0 spiro atoms. The van der Waals surface area contributed by atoms with Gasteiger partial charge in [0.05, 0.1) is 10.7 Å². The first kappa shape index (κ1) is 9.34. The minimum Gasteiger partial charge on any atom is -0.472 e. The summed E-state index contributed by atoms with van der Waals surface area (Å²) in [6.07, 6.45) is 2.48. The van der Waals surface area contributed by atoms with E-state index in [9.17, 15) is 0 Å². The lowest BCUT2D eigenvalue weighted by Crippen LogP contribution is -2.19. The van der Waals surface area contributed by atoms with Crippen molar-refractivity contribution in [3.63, 3.8) is 0 Å². The Labute approximate surface area is 87.7 Å². The second kappa shape index (κ2) is 4.33. The first-order valence-electron chi connectivity index (χ1n) is 4.41. The number of halogens is 1. The van der Waals surface area contributed by atoms with Crippen LogP contribution in [-0.4, -0.2) is 25.6 Å². The van der Waals surface area contributed by atoms with Gasteiger partial charge < -0.3 is 10.1 Å². The van der Waals surface area contributed by atoms with E-state index in [1.165, 1.54) is 0 Å². The number of hydrogen-bond donors (Lipinski definition) is 1. The van der Waals surface area contributed by atoms with Crippen molar-refractivity contribution in [2.75, 3.05) is 18.5 Å². The summed E-state index contributed by atoms with van der Waals surface area (Å²) < 4.78 is 4.89. The van der Waals surface area contributed by atoms with Crippen molar-refractivity contribution in [2.45, 2.75) is 6.04 Å². The van der Waals surface area contributed by atoms with Crippen LogP contribution < -0.4 is 5.32 Å². The van der Waals surface area contributed by atoms with Gasteiger partial charge in [-0.05, 0) is 12.1 Å². The number of rotatable bonds is 3. The maximum Gasteiger partial charge on any atom is 0.273 e. The van der Waals surface area contributed by atoms with Crippen molar-refractivity contribution in [1.29, 1.82) is 0 Å². The highest BCUT2D eigenvalue weighted by atomic mass is 35.5. The molecule has 0 amide bonds. The van der Waals surface area contributed by atoms with E-state index in [1.54, 1.807) is 0 Å². The predicted octanol–water partition coefficient (Wildman–Crippen LogP) is 2.06. The topological polar surface area (TPSA) is 33.6 Å². The molecule has 0 saturated carbocycles. The molecular formula is C10H10ClN2O. The molecule has 1 aliphatic rings. The summed E-state index contributed by atoms with van der Waals surface area (Å²) >= 11 is 5.97. The molecule has 2 rings (SSSR count). The first-order chi connectivity index (χ1) is 6.86. The molecule has 73 valence electrons. The van der Waals surface area contributed by atoms with Crippen LogP contribution in [-0.2, 0) is 4.74 Å². The zero-order valence-electron chi connectivity index (χ0n) is 7.53. The van der Waals surface area contributed by atoms with Crippen molar-refractivity contribution < 1.29 is 4.74 Å². The second-order valence-corrected chi connectivity index (χ2v) is 3.45. The molecule has 0 aromatic heterocycles. The van der Waals surface area contributed by atoms with Gasteiger partial charge in [-0.2, -0.15) is 0 Å². The molecule has 1 atom stereocenters. The molecular weight excluding hydrogens is 200 g/mol. The smallest absolute Gasteiger partial charge is 0.273 e. The van der Waals surface area contributed by atoms with Crippen LogP contribution >= 0.6 is 11.6 Å². The van der Waals surface area contributed by atoms with Crippen LogP contribution in [0.3, 0.4) is 0 Å². The molecule has 0 fully saturated rings. The summed E-state index contributed by atoms with van der Waals surface area (Å²) in [5, 5.41) is 3.93. The number of nitrogens with zero attached hydrogens (tertiary/aromatic N) is 1. The van der Waals surface area contributed by atoms with Crippen molar-refractivity contribution in [1.82, 2.24) is 0 Å². The van der Waals surface area contributed by atoms with Gasteiger partial charge in [0.1, 0.15) is 12.6 Å². The zero-order chi connectivity index (χ0) is 9.80. The second-order valence-electron chi connectivity index (χ2n) is 3.05. The Morgan fingerprint density at radius 2 is 2.43 bits per heavy atom. The molecule has 1 aromatic rings. The maximum absolute atomic E-state index is 5.97. The monoisotopic (exact) mass is 209 g/mol. The summed E-state index contributed by atoms with van der Waals surface area (Å²) in [5.41, 5.74) is 0.927. The lowest BCUT2D eigenvalue weighted by Gasteiger charge is -2.09. The fraction of sp³-hybridized carbons (Fsp3) is 0.300. The van der Waals surface area contributed by atoms with Crippen LogP contribution in [0, 0.1) is 0 Å². The Morgan fingerprint density at radius 1 is 1.57 bits per heavy atom. The number of para-hydroxylation sites is 1. The van der Waals surface area contributed by atoms with Gasteiger partial charge >= 0.3 is 0 Å². The molecule has 14 heavy (non-hydrogen) atoms. The van der Waals surface area contributed by atoms with Crippen molar-refractivity contribution in [3.8, 4) is 0 Å². The summed E-state index contributed by atoms with van der Waals surface area (Å²) in [6, 6.07) is 7.77. The van der Waals surface area contributed by atoms with Crippen molar-refractivity contribution >= 4 is 23.7 Å². The van der Waals surface area contributed by atoms with Gasteiger partial charge in [-0.3, -0.25) is 0 Å². The van der Waals surface area contributed by atoms with Crippen LogP contribution in [0.25, 0.3) is 0 Å². The molecule has 1 heterocycles. The number of aliphatic imine (C=N–C) groups is 1. The van der Waals surface area contributed by atoms with E-state index < -0.39 is 0 Å². The van der Waals surface area contributed by atoms with Gasteiger partial charge in [0, 0.05) is 6.54 Å². The molecule has 1 N–H and O–H groups in total. The normalized spacial score (nSPS) is 19.4. The predicted molar refractivity (Wildman–Crippen MR) is 57.1 cm³/mol. The number of anilines is 1. The molecule has 0 saturated heterocycles. The van der Waals surface area contributed by atoms with Crippen LogP contribution in [0.15, 0.2) is 29.3 Å². The SMILES string of the molecule is Clc1ccccc1NCC1CO[C]=N1. The van der Waals surface area contributed by atoms with E-state index in [0.29, 0.717) is 6.61 Å². The number of ether oxygens (including phenoxy) is 1. The van der Waals surface area contributed by atoms with Gasteiger partial charge in [0.25, 0.3) is 6.40 Å². The van der Waals surface area contributed by atoms with E-state index in [0.717, 1.165) is 17.3 Å². The maximum atomic E-state index is 5.97. The highest BCUT2D eigenvalue weighted by molar-refractivity contribution is 6.33. The summed E-state index contributed by atoms with van der Waals surface area (Å²) in [5.74, 6) is 0. The summed E-state index contributed by atoms with van der Waals surface area (Å²) in [4.78, 5) is 4.00. The largest absolute Gasteiger partial charge is 0.472 e. The zero-order valence-corrected chi connectivity index (χ0v) is 8.29. The van der Waals surface area contributed by atoms with Crippen molar-refractivity contribution in [2.24, 2.45) is 4.99 Å².